The maximum absolute atomic E-state index is 10.9. The first kappa shape index (κ1) is 12.0. The van der Waals surface area contributed by atoms with E-state index in [4.69, 9.17) is 23.2 Å². The SMILES string of the molecule is Cc1c([N+](=O)[O-])cc2nc(Cl)c(Cl)nc2c1C. The number of nitro groups is 1. The lowest BCUT2D eigenvalue weighted by molar-refractivity contribution is -0.385. The first-order valence-electron chi connectivity index (χ1n) is 4.69. The smallest absolute Gasteiger partial charge is 0.258 e. The van der Waals surface area contributed by atoms with Crippen molar-refractivity contribution in [2.45, 2.75) is 13.8 Å². The molecule has 0 aliphatic heterocycles. The van der Waals surface area contributed by atoms with Crippen molar-refractivity contribution in [3.8, 4) is 0 Å². The summed E-state index contributed by atoms with van der Waals surface area (Å²) in [4.78, 5) is 18.5. The second-order valence-electron chi connectivity index (χ2n) is 3.58. The van der Waals surface area contributed by atoms with Gasteiger partial charge in [-0.1, -0.05) is 23.2 Å². The summed E-state index contributed by atoms with van der Waals surface area (Å²) < 4.78 is 0. The van der Waals surface area contributed by atoms with E-state index in [1.807, 2.05) is 0 Å². The standard InChI is InChI=1S/C10H7Cl2N3O2/c1-4-5(2)8-6(3-7(4)15(16)17)13-9(11)10(12)14-8/h3H,1-2H3. The lowest BCUT2D eigenvalue weighted by Crippen LogP contribution is -1.98. The summed E-state index contributed by atoms with van der Waals surface area (Å²) in [5.41, 5.74) is 2.13. The molecule has 0 unspecified atom stereocenters. The molecule has 2 rings (SSSR count). The van der Waals surface area contributed by atoms with Gasteiger partial charge >= 0.3 is 0 Å². The number of hydrogen-bond acceptors (Lipinski definition) is 4. The summed E-state index contributed by atoms with van der Waals surface area (Å²) in [7, 11) is 0. The highest BCUT2D eigenvalue weighted by atomic mass is 35.5. The van der Waals surface area contributed by atoms with Gasteiger partial charge in [0.05, 0.1) is 16.0 Å². The Bertz CT molecular complexity index is 643. The molecule has 0 bridgehead atoms. The molecule has 0 aliphatic carbocycles. The second-order valence-corrected chi connectivity index (χ2v) is 4.29. The number of benzene rings is 1. The molecule has 1 aromatic carbocycles. The Morgan fingerprint density at radius 2 is 1.76 bits per heavy atom. The van der Waals surface area contributed by atoms with Gasteiger partial charge in [0.15, 0.2) is 10.3 Å². The average Bonchev–Trinajstić information content (AvgIpc) is 2.26. The van der Waals surface area contributed by atoms with Gasteiger partial charge in [0.25, 0.3) is 5.69 Å². The molecular formula is C10H7Cl2N3O2. The molecule has 0 aliphatic rings. The Morgan fingerprint density at radius 1 is 1.18 bits per heavy atom. The monoisotopic (exact) mass is 271 g/mol. The van der Waals surface area contributed by atoms with Crippen LogP contribution < -0.4 is 0 Å². The summed E-state index contributed by atoms with van der Waals surface area (Å²) in [6.07, 6.45) is 0. The fourth-order valence-corrected chi connectivity index (χ4v) is 1.84. The lowest BCUT2D eigenvalue weighted by Gasteiger charge is -2.06. The third-order valence-corrected chi connectivity index (χ3v) is 3.24. The maximum atomic E-state index is 10.9. The zero-order chi connectivity index (χ0) is 12.7. The van der Waals surface area contributed by atoms with Crippen molar-refractivity contribution in [3.05, 3.63) is 37.6 Å². The molecule has 7 heteroatoms. The van der Waals surface area contributed by atoms with E-state index in [-0.39, 0.29) is 16.0 Å². The zero-order valence-corrected chi connectivity index (χ0v) is 10.5. The van der Waals surface area contributed by atoms with Crippen LogP contribution in [0.15, 0.2) is 6.07 Å². The Kier molecular flexibility index (Phi) is 2.89. The molecule has 0 saturated carbocycles. The van der Waals surface area contributed by atoms with Gasteiger partial charge in [-0.15, -0.1) is 0 Å². The molecule has 0 saturated heterocycles. The molecule has 1 aromatic heterocycles. The van der Waals surface area contributed by atoms with Gasteiger partial charge in [-0.05, 0) is 19.4 Å². The first-order chi connectivity index (χ1) is 7.91. The van der Waals surface area contributed by atoms with Crippen LogP contribution in [0, 0.1) is 24.0 Å². The number of aryl methyl sites for hydroxylation is 1. The van der Waals surface area contributed by atoms with E-state index in [9.17, 15) is 10.1 Å². The van der Waals surface area contributed by atoms with Crippen molar-refractivity contribution in [1.82, 2.24) is 9.97 Å². The summed E-state index contributed by atoms with van der Waals surface area (Å²) in [6, 6.07) is 1.35. The maximum Gasteiger partial charge on any atom is 0.274 e. The predicted molar refractivity (Wildman–Crippen MR) is 65.7 cm³/mol. The fourth-order valence-electron chi connectivity index (χ4n) is 1.58. The van der Waals surface area contributed by atoms with Crippen molar-refractivity contribution in [3.63, 3.8) is 0 Å². The van der Waals surface area contributed by atoms with E-state index in [0.29, 0.717) is 22.2 Å². The Morgan fingerprint density at radius 3 is 2.35 bits per heavy atom. The molecule has 0 fully saturated rings. The van der Waals surface area contributed by atoms with Gasteiger partial charge in [-0.2, -0.15) is 0 Å². The molecule has 0 radical (unpaired) electrons. The zero-order valence-electron chi connectivity index (χ0n) is 8.99. The van der Waals surface area contributed by atoms with E-state index >= 15 is 0 Å². The minimum Gasteiger partial charge on any atom is -0.258 e. The van der Waals surface area contributed by atoms with Crippen LogP contribution in [0.5, 0.6) is 0 Å². The van der Waals surface area contributed by atoms with Crippen molar-refractivity contribution < 1.29 is 4.92 Å². The molecule has 2 aromatic rings. The molecule has 17 heavy (non-hydrogen) atoms. The van der Waals surface area contributed by atoms with E-state index in [2.05, 4.69) is 9.97 Å². The Hall–Kier alpha value is -1.46. The number of rotatable bonds is 1. The topological polar surface area (TPSA) is 68.9 Å². The third kappa shape index (κ3) is 1.92. The predicted octanol–water partition coefficient (Wildman–Crippen LogP) is 3.46. The lowest BCUT2D eigenvalue weighted by atomic mass is 10.1. The largest absolute Gasteiger partial charge is 0.274 e. The highest BCUT2D eigenvalue weighted by molar-refractivity contribution is 6.40. The number of nitrogens with zero attached hydrogens (tertiary/aromatic N) is 3. The number of halogens is 2. The highest BCUT2D eigenvalue weighted by Gasteiger charge is 2.18. The number of aromatic nitrogens is 2. The van der Waals surface area contributed by atoms with Crippen LogP contribution in [0.4, 0.5) is 5.69 Å². The number of fused-ring (bicyclic) bond motifs is 1. The van der Waals surface area contributed by atoms with Gasteiger partial charge in [0, 0.05) is 11.6 Å². The summed E-state index contributed by atoms with van der Waals surface area (Å²) in [5, 5.41) is 11.0. The van der Waals surface area contributed by atoms with Crippen molar-refractivity contribution in [2.24, 2.45) is 0 Å². The quantitative estimate of drug-likeness (QED) is 0.588. The highest BCUT2D eigenvalue weighted by Crippen LogP contribution is 2.30. The van der Waals surface area contributed by atoms with Crippen molar-refractivity contribution in [1.29, 1.82) is 0 Å². The number of hydrogen-bond donors (Lipinski definition) is 0. The van der Waals surface area contributed by atoms with E-state index in [0.717, 1.165) is 0 Å². The van der Waals surface area contributed by atoms with Gasteiger partial charge in [-0.25, -0.2) is 9.97 Å². The van der Waals surface area contributed by atoms with Gasteiger partial charge in [0.1, 0.15) is 0 Å². The second kappa shape index (κ2) is 4.09. The van der Waals surface area contributed by atoms with Crippen molar-refractivity contribution >= 4 is 39.9 Å². The number of nitro benzene ring substituents is 1. The average molecular weight is 272 g/mol. The third-order valence-electron chi connectivity index (χ3n) is 2.61. The van der Waals surface area contributed by atoms with Gasteiger partial charge in [-0.3, -0.25) is 10.1 Å². The van der Waals surface area contributed by atoms with Crippen LogP contribution in [0.25, 0.3) is 11.0 Å². The Labute approximate surface area is 107 Å². The van der Waals surface area contributed by atoms with Crippen LogP contribution in [-0.2, 0) is 0 Å². The summed E-state index contributed by atoms with van der Waals surface area (Å²) >= 11 is 11.5. The molecule has 0 atom stereocenters. The van der Waals surface area contributed by atoms with E-state index < -0.39 is 4.92 Å². The molecule has 0 spiro atoms. The van der Waals surface area contributed by atoms with E-state index in [1.165, 1.54) is 6.07 Å². The van der Waals surface area contributed by atoms with Crippen LogP contribution in [-0.4, -0.2) is 14.9 Å². The summed E-state index contributed by atoms with van der Waals surface area (Å²) in [5.74, 6) is 0. The van der Waals surface area contributed by atoms with Crippen LogP contribution in [0.2, 0.25) is 10.3 Å². The molecule has 0 N–H and O–H groups in total. The molecule has 0 amide bonds. The minimum atomic E-state index is -0.452. The van der Waals surface area contributed by atoms with Gasteiger partial charge in [0.2, 0.25) is 0 Å². The van der Waals surface area contributed by atoms with Gasteiger partial charge < -0.3 is 0 Å². The van der Waals surface area contributed by atoms with Crippen molar-refractivity contribution in [2.75, 3.05) is 0 Å². The summed E-state index contributed by atoms with van der Waals surface area (Å²) in [6.45, 7) is 3.40. The molecular weight excluding hydrogens is 265 g/mol. The minimum absolute atomic E-state index is 0.00249. The Balaban J connectivity index is 2.91. The molecule has 88 valence electrons. The molecule has 5 nitrogen and oxygen atoms in total. The van der Waals surface area contributed by atoms with Crippen LogP contribution in [0.1, 0.15) is 11.1 Å². The fraction of sp³-hybridized carbons (Fsp3) is 0.200. The first-order valence-corrected chi connectivity index (χ1v) is 5.44. The normalized spacial score (nSPS) is 10.8. The molecule has 1 heterocycles. The van der Waals surface area contributed by atoms with Crippen LogP contribution >= 0.6 is 23.2 Å². The van der Waals surface area contributed by atoms with E-state index in [1.54, 1.807) is 13.8 Å². The van der Waals surface area contributed by atoms with Crippen LogP contribution in [0.3, 0.4) is 0 Å².